The van der Waals surface area contributed by atoms with E-state index in [1.807, 2.05) is 42.5 Å². The predicted molar refractivity (Wildman–Crippen MR) is 122 cm³/mol. The summed E-state index contributed by atoms with van der Waals surface area (Å²) in [6.45, 7) is 3.94. The molecule has 0 radical (unpaired) electrons. The van der Waals surface area contributed by atoms with Gasteiger partial charge in [0, 0.05) is 6.20 Å². The summed E-state index contributed by atoms with van der Waals surface area (Å²) in [6, 6.07) is 16.0. The molecule has 3 aromatic heterocycles. The molecule has 166 valence electrons. The van der Waals surface area contributed by atoms with Crippen molar-refractivity contribution >= 4 is 23.1 Å². The Morgan fingerprint density at radius 2 is 1.88 bits per heavy atom. The predicted octanol–water partition coefficient (Wildman–Crippen LogP) is 4.42. The first-order valence-electron chi connectivity index (χ1n) is 10.8. The average Bonchev–Trinajstić information content (AvgIpc) is 3.52. The Morgan fingerprint density at radius 3 is 2.58 bits per heavy atom. The molecule has 0 bridgehead atoms. The Morgan fingerprint density at radius 1 is 1.09 bits per heavy atom. The van der Waals surface area contributed by atoms with Crippen LogP contribution in [0.1, 0.15) is 41.2 Å². The number of fused-ring (bicyclic) bond motifs is 1. The van der Waals surface area contributed by atoms with Crippen molar-refractivity contribution in [1.29, 1.82) is 0 Å². The number of amides is 1. The number of rotatable bonds is 5. The molecular formula is C26H23N3O4. The number of hydrogen-bond donors (Lipinski definition) is 1. The number of ketones is 1. The fraction of sp³-hybridized carbons (Fsp3) is 0.192. The number of aromatic nitrogens is 2. The molecule has 7 nitrogen and oxygen atoms in total. The SMILES string of the molecule is CCc1ccc(C2/C(=C(\O)c3c(C)nc4ccccn34)C(=O)C(=O)N2Cc2ccco2)cc1. The zero-order chi connectivity index (χ0) is 23.1. The van der Waals surface area contributed by atoms with Gasteiger partial charge >= 0.3 is 0 Å². The molecule has 1 fully saturated rings. The van der Waals surface area contributed by atoms with Crippen LogP contribution >= 0.6 is 0 Å². The van der Waals surface area contributed by atoms with Crippen molar-refractivity contribution in [3.05, 3.63) is 101 Å². The number of furan rings is 1. The number of likely N-dealkylation sites (tertiary alicyclic amines) is 1. The minimum atomic E-state index is -0.755. The minimum absolute atomic E-state index is 0.0459. The highest BCUT2D eigenvalue weighted by Crippen LogP contribution is 2.41. The lowest BCUT2D eigenvalue weighted by Gasteiger charge is -2.24. The maximum absolute atomic E-state index is 13.3. The third kappa shape index (κ3) is 3.42. The third-order valence-electron chi connectivity index (χ3n) is 6.08. The molecule has 4 heterocycles. The van der Waals surface area contributed by atoms with Gasteiger partial charge in [-0.15, -0.1) is 0 Å². The van der Waals surface area contributed by atoms with Crippen molar-refractivity contribution < 1.29 is 19.1 Å². The van der Waals surface area contributed by atoms with Gasteiger partial charge in [0.1, 0.15) is 17.1 Å². The lowest BCUT2D eigenvalue weighted by Crippen LogP contribution is -2.29. The highest BCUT2D eigenvalue weighted by molar-refractivity contribution is 6.46. The fourth-order valence-electron chi connectivity index (χ4n) is 4.42. The number of benzene rings is 1. The normalized spacial score (nSPS) is 17.9. The zero-order valence-electron chi connectivity index (χ0n) is 18.4. The van der Waals surface area contributed by atoms with Crippen LogP contribution in [0.5, 0.6) is 0 Å². The average molecular weight is 441 g/mol. The molecule has 0 aliphatic carbocycles. The van der Waals surface area contributed by atoms with E-state index in [0.29, 0.717) is 22.8 Å². The number of Topliss-reactive ketones (excluding diaryl/α,β-unsaturated/α-hetero) is 1. The monoisotopic (exact) mass is 441 g/mol. The molecule has 33 heavy (non-hydrogen) atoms. The molecule has 0 spiro atoms. The zero-order valence-corrected chi connectivity index (χ0v) is 18.4. The Kier molecular flexibility index (Phi) is 5.09. The van der Waals surface area contributed by atoms with Crippen LogP contribution in [0.3, 0.4) is 0 Å². The van der Waals surface area contributed by atoms with E-state index in [0.717, 1.165) is 17.5 Å². The molecule has 1 unspecified atom stereocenters. The number of aryl methyl sites for hydroxylation is 2. The molecular weight excluding hydrogens is 418 g/mol. The van der Waals surface area contributed by atoms with Crippen LogP contribution in [0.15, 0.2) is 77.0 Å². The molecule has 4 aromatic rings. The van der Waals surface area contributed by atoms with Crippen LogP contribution in [-0.2, 0) is 22.6 Å². The van der Waals surface area contributed by atoms with Crippen LogP contribution in [0.25, 0.3) is 11.4 Å². The van der Waals surface area contributed by atoms with Gasteiger partial charge in [-0.2, -0.15) is 0 Å². The van der Waals surface area contributed by atoms with Crippen LogP contribution in [0.2, 0.25) is 0 Å². The second-order valence-corrected chi connectivity index (χ2v) is 8.08. The number of imidazole rings is 1. The topological polar surface area (TPSA) is 88.0 Å². The lowest BCUT2D eigenvalue weighted by atomic mass is 9.95. The van der Waals surface area contributed by atoms with E-state index >= 15 is 0 Å². The summed E-state index contributed by atoms with van der Waals surface area (Å²) < 4.78 is 7.17. The van der Waals surface area contributed by atoms with E-state index in [9.17, 15) is 14.7 Å². The molecule has 1 aliphatic heterocycles. The lowest BCUT2D eigenvalue weighted by molar-refractivity contribution is -0.140. The van der Waals surface area contributed by atoms with Crippen LogP contribution in [0.4, 0.5) is 0 Å². The van der Waals surface area contributed by atoms with Gasteiger partial charge in [-0.3, -0.25) is 14.0 Å². The van der Waals surface area contributed by atoms with E-state index in [1.54, 1.807) is 29.7 Å². The van der Waals surface area contributed by atoms with Crippen molar-refractivity contribution in [2.45, 2.75) is 32.9 Å². The van der Waals surface area contributed by atoms with Crippen molar-refractivity contribution in [3.8, 4) is 0 Å². The second-order valence-electron chi connectivity index (χ2n) is 8.08. The summed E-state index contributed by atoms with van der Waals surface area (Å²) >= 11 is 0. The number of carbonyl (C=O) groups excluding carboxylic acids is 2. The summed E-state index contributed by atoms with van der Waals surface area (Å²) in [5.41, 5.74) is 3.54. The Hall–Kier alpha value is -4.13. The molecule has 7 heteroatoms. The molecule has 5 rings (SSSR count). The van der Waals surface area contributed by atoms with Crippen molar-refractivity contribution in [2.24, 2.45) is 0 Å². The standard InChI is InChI=1S/C26H23N3O4/c1-3-17-9-11-18(12-10-17)23-21(25(31)26(32)29(23)15-19-7-6-14-33-19)24(30)22-16(2)27-20-8-4-5-13-28(20)22/h4-14,23,30H,3,15H2,1-2H3/b24-21+. The van der Waals surface area contributed by atoms with Gasteiger partial charge in [-0.05, 0) is 48.7 Å². The van der Waals surface area contributed by atoms with E-state index in [4.69, 9.17) is 4.42 Å². The van der Waals surface area contributed by atoms with E-state index in [1.165, 1.54) is 11.2 Å². The number of aliphatic hydroxyl groups excluding tert-OH is 1. The van der Waals surface area contributed by atoms with E-state index in [2.05, 4.69) is 11.9 Å². The largest absolute Gasteiger partial charge is 0.505 e. The van der Waals surface area contributed by atoms with Crippen molar-refractivity contribution in [2.75, 3.05) is 0 Å². The Labute approximate surface area is 190 Å². The smallest absolute Gasteiger partial charge is 0.296 e. The first-order valence-corrected chi connectivity index (χ1v) is 10.8. The number of aliphatic hydroxyl groups is 1. The van der Waals surface area contributed by atoms with Gasteiger partial charge in [-0.1, -0.05) is 37.3 Å². The van der Waals surface area contributed by atoms with Gasteiger partial charge in [0.2, 0.25) is 0 Å². The van der Waals surface area contributed by atoms with Gasteiger partial charge < -0.3 is 14.4 Å². The van der Waals surface area contributed by atoms with Crippen LogP contribution in [-0.4, -0.2) is 31.1 Å². The molecule has 1 atom stereocenters. The number of carbonyl (C=O) groups is 2. The minimum Gasteiger partial charge on any atom is -0.505 e. The summed E-state index contributed by atoms with van der Waals surface area (Å²) in [7, 11) is 0. The van der Waals surface area contributed by atoms with Gasteiger partial charge in [0.25, 0.3) is 11.7 Å². The van der Waals surface area contributed by atoms with Crippen LogP contribution < -0.4 is 0 Å². The number of hydrogen-bond acceptors (Lipinski definition) is 5. The fourth-order valence-corrected chi connectivity index (χ4v) is 4.42. The highest BCUT2D eigenvalue weighted by atomic mass is 16.3. The van der Waals surface area contributed by atoms with Gasteiger partial charge in [0.15, 0.2) is 5.76 Å². The van der Waals surface area contributed by atoms with Gasteiger partial charge in [0.05, 0.1) is 30.1 Å². The molecule has 1 aliphatic rings. The maximum Gasteiger partial charge on any atom is 0.296 e. The van der Waals surface area contributed by atoms with E-state index in [-0.39, 0.29) is 17.9 Å². The number of nitrogens with zero attached hydrogens (tertiary/aromatic N) is 3. The quantitative estimate of drug-likeness (QED) is 0.281. The molecule has 1 aromatic carbocycles. The summed E-state index contributed by atoms with van der Waals surface area (Å²) in [6.07, 6.45) is 4.17. The van der Waals surface area contributed by atoms with Crippen molar-refractivity contribution in [3.63, 3.8) is 0 Å². The first kappa shape index (κ1) is 20.8. The van der Waals surface area contributed by atoms with Crippen LogP contribution in [0, 0.1) is 6.92 Å². The highest BCUT2D eigenvalue weighted by Gasteiger charge is 2.46. The van der Waals surface area contributed by atoms with E-state index < -0.39 is 17.7 Å². The summed E-state index contributed by atoms with van der Waals surface area (Å²) in [5, 5.41) is 11.4. The summed E-state index contributed by atoms with van der Waals surface area (Å²) in [5.74, 6) is -1.09. The second kappa shape index (κ2) is 8.09. The van der Waals surface area contributed by atoms with Gasteiger partial charge in [-0.25, -0.2) is 4.98 Å². The Bertz CT molecular complexity index is 1380. The number of pyridine rings is 1. The molecule has 1 amide bonds. The Balaban J connectivity index is 1.71. The molecule has 1 saturated heterocycles. The van der Waals surface area contributed by atoms with Crippen molar-refractivity contribution in [1.82, 2.24) is 14.3 Å². The third-order valence-corrected chi connectivity index (χ3v) is 6.08. The molecule has 1 N–H and O–H groups in total. The molecule has 0 saturated carbocycles. The summed E-state index contributed by atoms with van der Waals surface area (Å²) in [4.78, 5) is 32.3. The first-order chi connectivity index (χ1) is 16.0. The maximum atomic E-state index is 13.3.